The minimum absolute atomic E-state index is 0.248. The Labute approximate surface area is 182 Å². The number of hydrogen-bond acceptors (Lipinski definition) is 7. The van der Waals surface area contributed by atoms with E-state index >= 15 is 0 Å². The molecule has 3 aromatic heterocycles. The monoisotopic (exact) mass is 427 g/mol. The quantitative estimate of drug-likeness (QED) is 0.414. The van der Waals surface area contributed by atoms with Crippen LogP contribution in [0.2, 0.25) is 0 Å². The molecule has 0 aliphatic heterocycles. The van der Waals surface area contributed by atoms with Crippen LogP contribution in [-0.2, 0) is 24.2 Å². The molecule has 0 aliphatic carbocycles. The van der Waals surface area contributed by atoms with Gasteiger partial charge in [-0.05, 0) is 28.3 Å². The van der Waals surface area contributed by atoms with Gasteiger partial charge in [0.05, 0.1) is 6.54 Å². The number of tetrazole rings is 1. The second kappa shape index (κ2) is 8.06. The van der Waals surface area contributed by atoms with Gasteiger partial charge in [0.2, 0.25) is 5.82 Å². The summed E-state index contributed by atoms with van der Waals surface area (Å²) in [5, 5.41) is 29.6. The number of aliphatic carboxylic acids is 1. The zero-order chi connectivity index (χ0) is 22.1. The number of benzene rings is 2. The molecule has 1 N–H and O–H groups in total. The van der Waals surface area contributed by atoms with Crippen molar-refractivity contribution in [3.63, 3.8) is 0 Å². The van der Waals surface area contributed by atoms with Gasteiger partial charge in [-0.1, -0.05) is 55.5 Å². The van der Waals surface area contributed by atoms with E-state index in [9.17, 15) is 9.90 Å². The van der Waals surface area contributed by atoms with Crippen molar-refractivity contribution in [1.82, 2.24) is 40.0 Å². The molecule has 0 amide bonds. The van der Waals surface area contributed by atoms with Crippen molar-refractivity contribution in [3.05, 3.63) is 71.7 Å². The Morgan fingerprint density at radius 2 is 1.88 bits per heavy atom. The van der Waals surface area contributed by atoms with Crippen molar-refractivity contribution in [1.29, 1.82) is 0 Å². The van der Waals surface area contributed by atoms with Crippen LogP contribution in [0.5, 0.6) is 0 Å². The van der Waals surface area contributed by atoms with Crippen LogP contribution in [0.4, 0.5) is 0 Å². The lowest BCUT2D eigenvalue weighted by Gasteiger charge is -2.09. The van der Waals surface area contributed by atoms with Crippen LogP contribution in [0.25, 0.3) is 28.2 Å². The van der Waals surface area contributed by atoms with Crippen LogP contribution < -0.4 is 5.11 Å². The molecule has 0 atom stereocenters. The number of carbonyl (C=O) groups excluding carboxylic acids is 1. The SMILES string of the molecule is CCc1cn(Cc2ccc(-c3ccccc3-c3nn[nH]n3)cc2)n2nc(CC(=O)[O-])nc12. The summed E-state index contributed by atoms with van der Waals surface area (Å²) in [6.07, 6.45) is 2.46. The van der Waals surface area contributed by atoms with E-state index in [-0.39, 0.29) is 12.2 Å². The highest BCUT2D eigenvalue weighted by Crippen LogP contribution is 2.29. The smallest absolute Gasteiger partial charge is 0.205 e. The summed E-state index contributed by atoms with van der Waals surface area (Å²) in [6, 6.07) is 16.1. The molecule has 10 heteroatoms. The minimum Gasteiger partial charge on any atom is -0.550 e. The van der Waals surface area contributed by atoms with Crippen LogP contribution in [0.1, 0.15) is 23.9 Å². The van der Waals surface area contributed by atoms with Crippen molar-refractivity contribution < 1.29 is 9.90 Å². The molecule has 32 heavy (non-hydrogen) atoms. The van der Waals surface area contributed by atoms with E-state index in [0.29, 0.717) is 18.0 Å². The third-order valence-electron chi connectivity index (χ3n) is 5.28. The molecule has 0 aliphatic rings. The van der Waals surface area contributed by atoms with E-state index < -0.39 is 5.97 Å². The topological polar surface area (TPSA) is 130 Å². The molecule has 160 valence electrons. The summed E-state index contributed by atoms with van der Waals surface area (Å²) in [6.45, 7) is 2.60. The zero-order valence-corrected chi connectivity index (χ0v) is 17.3. The maximum absolute atomic E-state index is 10.9. The fourth-order valence-corrected chi connectivity index (χ4v) is 3.77. The number of carbonyl (C=O) groups is 1. The van der Waals surface area contributed by atoms with Crippen LogP contribution in [0.15, 0.2) is 54.7 Å². The average Bonchev–Trinajstić information content (AvgIpc) is 3.52. The number of carboxylic acid groups (broad SMARTS) is 1. The number of hydrogen-bond donors (Lipinski definition) is 1. The third kappa shape index (κ3) is 3.62. The number of nitrogens with one attached hydrogen (secondary N) is 1. The molecule has 0 unspecified atom stereocenters. The van der Waals surface area contributed by atoms with Crippen molar-refractivity contribution in [3.8, 4) is 22.5 Å². The molecule has 0 bridgehead atoms. The van der Waals surface area contributed by atoms with Gasteiger partial charge in [0, 0.05) is 29.7 Å². The Morgan fingerprint density at radius 1 is 1.09 bits per heavy atom. The number of carboxylic acids is 1. The normalized spacial score (nSPS) is 11.3. The molecule has 2 aromatic carbocycles. The Hall–Kier alpha value is -4.34. The first-order valence-electron chi connectivity index (χ1n) is 10.2. The number of aromatic nitrogens is 8. The molecule has 0 saturated carbocycles. The number of fused-ring (bicyclic) bond motifs is 1. The van der Waals surface area contributed by atoms with Gasteiger partial charge >= 0.3 is 0 Å². The second-order valence-electron chi connectivity index (χ2n) is 7.37. The third-order valence-corrected chi connectivity index (χ3v) is 5.28. The Bertz CT molecular complexity index is 1380. The zero-order valence-electron chi connectivity index (χ0n) is 17.3. The Kier molecular flexibility index (Phi) is 4.94. The van der Waals surface area contributed by atoms with E-state index in [2.05, 4.69) is 55.0 Å². The van der Waals surface area contributed by atoms with Crippen LogP contribution in [0.3, 0.4) is 0 Å². The van der Waals surface area contributed by atoms with E-state index in [4.69, 9.17) is 0 Å². The van der Waals surface area contributed by atoms with Crippen molar-refractivity contribution in [2.45, 2.75) is 26.3 Å². The molecular formula is C22H19N8O2-. The number of aromatic amines is 1. The maximum atomic E-state index is 10.9. The molecule has 5 aromatic rings. The summed E-state index contributed by atoms with van der Waals surface area (Å²) in [5.41, 5.74) is 5.71. The maximum Gasteiger partial charge on any atom is 0.205 e. The van der Waals surface area contributed by atoms with E-state index in [1.807, 2.05) is 42.1 Å². The molecule has 0 fully saturated rings. The van der Waals surface area contributed by atoms with Gasteiger partial charge in [-0.2, -0.15) is 9.84 Å². The van der Waals surface area contributed by atoms with Crippen molar-refractivity contribution in [2.75, 3.05) is 0 Å². The summed E-state index contributed by atoms with van der Waals surface area (Å²) >= 11 is 0. The van der Waals surface area contributed by atoms with Gasteiger partial charge in [-0.15, -0.1) is 15.3 Å². The summed E-state index contributed by atoms with van der Waals surface area (Å²) in [5.74, 6) is -0.401. The number of aryl methyl sites for hydroxylation is 1. The lowest BCUT2D eigenvalue weighted by Crippen LogP contribution is -2.25. The van der Waals surface area contributed by atoms with Gasteiger partial charge in [0.25, 0.3) is 0 Å². The van der Waals surface area contributed by atoms with Gasteiger partial charge in [-0.25, -0.2) is 4.98 Å². The largest absolute Gasteiger partial charge is 0.550 e. The standard InChI is InChI=1S/C22H20N8O2/c1-2-15-13-29(30-22(15)23-19(26-30)11-20(31)32)12-14-7-9-16(10-8-14)17-5-3-4-6-18(17)21-24-27-28-25-21/h3-10,13H,2,11-12H2,1H3,(H,31,32)(H,24,25,27,28)/p-1. The summed E-state index contributed by atoms with van der Waals surface area (Å²) in [4.78, 5) is 15.3. The first-order chi connectivity index (χ1) is 15.6. The molecule has 0 radical (unpaired) electrons. The fourth-order valence-electron chi connectivity index (χ4n) is 3.77. The van der Waals surface area contributed by atoms with Crippen LogP contribution in [0, 0.1) is 0 Å². The minimum atomic E-state index is -1.19. The highest BCUT2D eigenvalue weighted by atomic mass is 16.4. The van der Waals surface area contributed by atoms with Gasteiger partial charge in [0.1, 0.15) is 0 Å². The summed E-state index contributed by atoms with van der Waals surface area (Å²) < 4.78 is 3.60. The molecule has 0 spiro atoms. The molecule has 5 rings (SSSR count). The van der Waals surface area contributed by atoms with E-state index in [0.717, 1.165) is 34.2 Å². The fraction of sp³-hybridized carbons (Fsp3) is 0.182. The number of nitrogens with zero attached hydrogens (tertiary/aromatic N) is 7. The average molecular weight is 427 g/mol. The van der Waals surface area contributed by atoms with Crippen molar-refractivity contribution in [2.24, 2.45) is 0 Å². The lowest BCUT2D eigenvalue weighted by molar-refractivity contribution is -0.304. The van der Waals surface area contributed by atoms with Gasteiger partial charge in [0.15, 0.2) is 11.5 Å². The molecule has 0 saturated heterocycles. The van der Waals surface area contributed by atoms with Gasteiger partial charge in [-0.3, -0.25) is 4.68 Å². The lowest BCUT2D eigenvalue weighted by atomic mass is 9.98. The highest BCUT2D eigenvalue weighted by Gasteiger charge is 2.14. The number of H-pyrrole nitrogens is 1. The van der Waals surface area contributed by atoms with Crippen LogP contribution >= 0.6 is 0 Å². The molecule has 10 nitrogen and oxygen atoms in total. The Morgan fingerprint density at radius 3 is 2.56 bits per heavy atom. The molecule has 3 heterocycles. The van der Waals surface area contributed by atoms with E-state index in [1.54, 1.807) is 4.63 Å². The van der Waals surface area contributed by atoms with Crippen molar-refractivity contribution >= 4 is 11.6 Å². The van der Waals surface area contributed by atoms with Crippen LogP contribution in [-0.4, -0.2) is 46.0 Å². The Balaban J connectivity index is 1.44. The predicted octanol–water partition coefficient (Wildman–Crippen LogP) is 1.28. The predicted molar refractivity (Wildman–Crippen MR) is 113 cm³/mol. The molecular weight excluding hydrogens is 408 g/mol. The first kappa shape index (κ1) is 19.6. The first-order valence-corrected chi connectivity index (χ1v) is 10.2. The van der Waals surface area contributed by atoms with E-state index in [1.165, 1.54) is 0 Å². The highest BCUT2D eigenvalue weighted by molar-refractivity contribution is 5.80. The number of rotatable bonds is 7. The summed E-state index contributed by atoms with van der Waals surface area (Å²) in [7, 11) is 0. The second-order valence-corrected chi connectivity index (χ2v) is 7.37. The van der Waals surface area contributed by atoms with Gasteiger partial charge < -0.3 is 9.90 Å².